The second kappa shape index (κ2) is 9.22. The SMILES string of the molecule is Cn1c(Cn2cnc3c(C#N)c(N4CCCC(N)C4)n(Cc4ccccc4)c3c2=O)nc2ccccc21. The van der Waals surface area contributed by atoms with Crippen LogP contribution >= 0.6 is 0 Å². The van der Waals surface area contributed by atoms with Crippen LogP contribution in [0.25, 0.3) is 22.1 Å². The van der Waals surface area contributed by atoms with E-state index in [2.05, 4.69) is 16.0 Å². The molecule has 2 aromatic carbocycles. The van der Waals surface area contributed by atoms with Gasteiger partial charge in [-0.15, -0.1) is 0 Å². The standard InChI is InChI=1S/C28H28N8O/c1-33-23-12-6-5-11-22(23)32-24(33)17-35-18-31-25-21(14-29)27(34-13-7-10-20(30)16-34)36(26(25)28(35)37)15-19-8-3-2-4-9-19/h2-6,8-9,11-12,18,20H,7,10,13,15-17,30H2,1H3. The molecule has 37 heavy (non-hydrogen) atoms. The molecule has 186 valence electrons. The van der Waals surface area contributed by atoms with Gasteiger partial charge in [0, 0.05) is 32.7 Å². The Balaban J connectivity index is 1.54. The van der Waals surface area contributed by atoms with Crippen LogP contribution in [0.15, 0.2) is 65.7 Å². The molecule has 5 aromatic rings. The Hall–Kier alpha value is -4.42. The second-order valence-electron chi connectivity index (χ2n) is 9.68. The van der Waals surface area contributed by atoms with E-state index >= 15 is 0 Å². The summed E-state index contributed by atoms with van der Waals surface area (Å²) < 4.78 is 5.54. The highest BCUT2D eigenvalue weighted by atomic mass is 16.1. The number of nitriles is 1. The Morgan fingerprint density at radius 3 is 2.65 bits per heavy atom. The highest BCUT2D eigenvalue weighted by Crippen LogP contribution is 2.32. The molecule has 0 aliphatic carbocycles. The van der Waals surface area contributed by atoms with Crippen LogP contribution in [0, 0.1) is 11.3 Å². The van der Waals surface area contributed by atoms with Gasteiger partial charge in [-0.05, 0) is 30.5 Å². The zero-order valence-electron chi connectivity index (χ0n) is 20.7. The Bertz CT molecular complexity index is 1710. The number of nitrogens with two attached hydrogens (primary N) is 1. The topological polar surface area (TPSA) is 111 Å². The lowest BCUT2D eigenvalue weighted by molar-refractivity contribution is 0.498. The van der Waals surface area contributed by atoms with Gasteiger partial charge in [0.1, 0.15) is 34.3 Å². The Morgan fingerprint density at radius 2 is 1.89 bits per heavy atom. The van der Waals surface area contributed by atoms with Crippen LogP contribution in [0.2, 0.25) is 0 Å². The van der Waals surface area contributed by atoms with Crippen molar-refractivity contribution in [2.45, 2.75) is 32.0 Å². The molecule has 2 N–H and O–H groups in total. The van der Waals surface area contributed by atoms with Crippen molar-refractivity contribution in [1.29, 1.82) is 5.26 Å². The van der Waals surface area contributed by atoms with E-state index in [0.717, 1.165) is 47.6 Å². The number of piperidine rings is 1. The van der Waals surface area contributed by atoms with Gasteiger partial charge in [-0.1, -0.05) is 42.5 Å². The number of aromatic nitrogens is 5. The zero-order chi connectivity index (χ0) is 25.5. The summed E-state index contributed by atoms with van der Waals surface area (Å²) in [6.45, 7) is 2.14. The molecule has 1 atom stereocenters. The van der Waals surface area contributed by atoms with Crippen molar-refractivity contribution in [1.82, 2.24) is 23.7 Å². The summed E-state index contributed by atoms with van der Waals surface area (Å²) in [4.78, 5) is 25.5. The number of fused-ring (bicyclic) bond motifs is 2. The highest BCUT2D eigenvalue weighted by Gasteiger charge is 2.28. The summed E-state index contributed by atoms with van der Waals surface area (Å²) in [7, 11) is 1.95. The third-order valence-electron chi connectivity index (χ3n) is 7.24. The molecular weight excluding hydrogens is 464 g/mol. The molecule has 6 rings (SSSR count). The third kappa shape index (κ3) is 3.96. The highest BCUT2D eigenvalue weighted by molar-refractivity contribution is 5.89. The van der Waals surface area contributed by atoms with Crippen LogP contribution in [-0.2, 0) is 20.1 Å². The van der Waals surface area contributed by atoms with Gasteiger partial charge in [-0.3, -0.25) is 9.36 Å². The van der Waals surface area contributed by atoms with Gasteiger partial charge < -0.3 is 19.8 Å². The van der Waals surface area contributed by atoms with Gasteiger partial charge in [0.05, 0.1) is 23.9 Å². The largest absolute Gasteiger partial charge is 0.355 e. The maximum absolute atomic E-state index is 14.0. The molecule has 9 nitrogen and oxygen atoms in total. The summed E-state index contributed by atoms with van der Waals surface area (Å²) in [5, 5.41) is 10.2. The van der Waals surface area contributed by atoms with Crippen molar-refractivity contribution in [2.75, 3.05) is 18.0 Å². The van der Waals surface area contributed by atoms with Crippen LogP contribution in [0.5, 0.6) is 0 Å². The summed E-state index contributed by atoms with van der Waals surface area (Å²) in [5.74, 6) is 1.48. The molecule has 1 unspecified atom stereocenters. The molecule has 1 fully saturated rings. The first kappa shape index (κ1) is 23.0. The molecular formula is C28H28N8O. The minimum Gasteiger partial charge on any atom is -0.355 e. The Morgan fingerprint density at radius 1 is 1.11 bits per heavy atom. The molecule has 0 amide bonds. The van der Waals surface area contributed by atoms with Crippen molar-refractivity contribution in [3.63, 3.8) is 0 Å². The lowest BCUT2D eigenvalue weighted by Crippen LogP contribution is -2.44. The van der Waals surface area contributed by atoms with E-state index in [9.17, 15) is 10.1 Å². The first-order valence-corrected chi connectivity index (χ1v) is 12.5. The number of para-hydroxylation sites is 2. The maximum Gasteiger partial charge on any atom is 0.278 e. The van der Waals surface area contributed by atoms with E-state index in [1.165, 1.54) is 6.33 Å². The van der Waals surface area contributed by atoms with Crippen molar-refractivity contribution >= 4 is 27.9 Å². The Labute approximate surface area is 214 Å². The fourth-order valence-corrected chi connectivity index (χ4v) is 5.41. The predicted molar refractivity (Wildman–Crippen MR) is 143 cm³/mol. The van der Waals surface area contributed by atoms with Crippen molar-refractivity contribution in [2.24, 2.45) is 12.8 Å². The van der Waals surface area contributed by atoms with Gasteiger partial charge in [-0.2, -0.15) is 5.26 Å². The van der Waals surface area contributed by atoms with Crippen molar-refractivity contribution in [3.8, 4) is 6.07 Å². The lowest BCUT2D eigenvalue weighted by Gasteiger charge is -2.33. The molecule has 0 radical (unpaired) electrons. The molecule has 1 saturated heterocycles. The minimum atomic E-state index is -0.197. The number of aryl methyl sites for hydroxylation is 1. The van der Waals surface area contributed by atoms with Gasteiger partial charge in [0.25, 0.3) is 5.56 Å². The summed E-state index contributed by atoms with van der Waals surface area (Å²) in [6, 6.07) is 20.2. The fraction of sp³-hybridized carbons (Fsp3) is 0.286. The summed E-state index contributed by atoms with van der Waals surface area (Å²) in [6.07, 6.45) is 3.41. The predicted octanol–water partition coefficient (Wildman–Crippen LogP) is 2.98. The average molecular weight is 493 g/mol. The van der Waals surface area contributed by atoms with Crippen LogP contribution in [0.4, 0.5) is 5.82 Å². The Kier molecular flexibility index (Phi) is 5.74. The van der Waals surface area contributed by atoms with E-state index in [1.807, 2.05) is 70.8 Å². The van der Waals surface area contributed by atoms with Gasteiger partial charge in [0.2, 0.25) is 0 Å². The van der Waals surface area contributed by atoms with E-state index in [4.69, 9.17) is 10.7 Å². The van der Waals surface area contributed by atoms with E-state index in [1.54, 1.807) is 4.57 Å². The number of rotatable bonds is 5. The van der Waals surface area contributed by atoms with E-state index in [-0.39, 0.29) is 18.1 Å². The smallest absolute Gasteiger partial charge is 0.278 e. The van der Waals surface area contributed by atoms with Crippen LogP contribution < -0.4 is 16.2 Å². The van der Waals surface area contributed by atoms with Gasteiger partial charge >= 0.3 is 0 Å². The molecule has 4 heterocycles. The summed E-state index contributed by atoms with van der Waals surface area (Å²) in [5.41, 5.74) is 10.3. The molecule has 1 aliphatic rings. The monoisotopic (exact) mass is 492 g/mol. The quantitative estimate of drug-likeness (QED) is 0.404. The number of hydrogen-bond acceptors (Lipinski definition) is 6. The van der Waals surface area contributed by atoms with E-state index < -0.39 is 0 Å². The lowest BCUT2D eigenvalue weighted by atomic mass is 10.1. The number of nitrogens with zero attached hydrogens (tertiary/aromatic N) is 7. The maximum atomic E-state index is 14.0. The minimum absolute atomic E-state index is 0.0191. The van der Waals surface area contributed by atoms with E-state index in [0.29, 0.717) is 29.7 Å². The molecule has 0 saturated carbocycles. The van der Waals surface area contributed by atoms with Gasteiger partial charge in [0.15, 0.2) is 0 Å². The second-order valence-corrected chi connectivity index (χ2v) is 9.68. The number of imidazole rings is 1. The summed E-state index contributed by atoms with van der Waals surface area (Å²) >= 11 is 0. The van der Waals surface area contributed by atoms with Crippen molar-refractivity contribution < 1.29 is 0 Å². The normalized spacial score (nSPS) is 15.9. The number of hydrogen-bond donors (Lipinski definition) is 1. The van der Waals surface area contributed by atoms with Gasteiger partial charge in [-0.25, -0.2) is 9.97 Å². The first-order chi connectivity index (χ1) is 18.0. The van der Waals surface area contributed by atoms with Crippen molar-refractivity contribution in [3.05, 3.63) is 88.2 Å². The third-order valence-corrected chi connectivity index (χ3v) is 7.24. The van der Waals surface area contributed by atoms with Crippen LogP contribution in [-0.4, -0.2) is 42.8 Å². The number of anilines is 1. The molecule has 0 bridgehead atoms. The van der Waals surface area contributed by atoms with Crippen LogP contribution in [0.3, 0.4) is 0 Å². The molecule has 9 heteroatoms. The van der Waals surface area contributed by atoms with Crippen LogP contribution in [0.1, 0.15) is 29.8 Å². The molecule has 3 aromatic heterocycles. The average Bonchev–Trinajstić information content (AvgIpc) is 3.40. The zero-order valence-corrected chi connectivity index (χ0v) is 20.7. The number of benzene rings is 2. The molecule has 0 spiro atoms. The first-order valence-electron chi connectivity index (χ1n) is 12.5. The fourth-order valence-electron chi connectivity index (χ4n) is 5.41. The molecule has 1 aliphatic heterocycles.